The van der Waals surface area contributed by atoms with Crippen LogP contribution >= 0.6 is 11.6 Å². The quantitative estimate of drug-likeness (QED) is 0.605. The van der Waals surface area contributed by atoms with Crippen molar-refractivity contribution in [2.24, 2.45) is 11.1 Å². The van der Waals surface area contributed by atoms with Crippen LogP contribution in [0.25, 0.3) is 0 Å². The van der Waals surface area contributed by atoms with E-state index in [2.05, 4.69) is 0 Å². The smallest absolute Gasteiger partial charge is 0.338 e. The third-order valence-corrected chi connectivity index (χ3v) is 3.78. The highest BCUT2D eigenvalue weighted by molar-refractivity contribution is 7.89. The van der Waals surface area contributed by atoms with Crippen molar-refractivity contribution in [2.75, 3.05) is 19.8 Å². The van der Waals surface area contributed by atoms with Gasteiger partial charge in [-0.05, 0) is 24.1 Å². The third kappa shape index (κ3) is 6.01. The van der Waals surface area contributed by atoms with Crippen molar-refractivity contribution >= 4 is 27.6 Å². The zero-order valence-corrected chi connectivity index (χ0v) is 13.4. The molecule has 0 atom stereocenters. The van der Waals surface area contributed by atoms with Crippen molar-refractivity contribution < 1.29 is 22.7 Å². The van der Waals surface area contributed by atoms with Crippen LogP contribution in [0.15, 0.2) is 23.1 Å². The molecule has 0 radical (unpaired) electrons. The summed E-state index contributed by atoms with van der Waals surface area (Å²) in [7, 11) is -3.99. The average Bonchev–Trinajstić information content (AvgIpc) is 2.36. The summed E-state index contributed by atoms with van der Waals surface area (Å²) >= 11 is 5.73. The summed E-state index contributed by atoms with van der Waals surface area (Å²) in [5.74, 6) is -0.265. The molecule has 6 nitrogen and oxygen atoms in total. The molecule has 0 fully saturated rings. The summed E-state index contributed by atoms with van der Waals surface area (Å²) in [4.78, 5) is 11.5. The predicted molar refractivity (Wildman–Crippen MR) is 78.8 cm³/mol. The normalized spacial score (nSPS) is 11.7. The molecule has 0 spiro atoms. The molecule has 0 aliphatic carbocycles. The minimum Gasteiger partial charge on any atom is -0.460 e. The van der Waals surface area contributed by atoms with Crippen LogP contribution in [-0.2, 0) is 19.5 Å². The Kier molecular flexibility index (Phi) is 6.60. The first-order chi connectivity index (χ1) is 9.71. The maximum atomic E-state index is 11.8. The molecule has 0 aliphatic rings. The molecule has 21 heavy (non-hydrogen) atoms. The van der Waals surface area contributed by atoms with Crippen LogP contribution in [0.3, 0.4) is 0 Å². The molecule has 0 amide bonds. The molecular weight excluding hydrogens is 318 g/mol. The average molecular weight is 336 g/mol. The lowest BCUT2D eigenvalue weighted by Crippen LogP contribution is -2.15. The highest BCUT2D eigenvalue weighted by Crippen LogP contribution is 2.21. The van der Waals surface area contributed by atoms with Crippen LogP contribution in [-0.4, -0.2) is 34.2 Å². The van der Waals surface area contributed by atoms with E-state index < -0.39 is 16.0 Å². The number of hydrogen-bond donors (Lipinski definition) is 1. The second kappa shape index (κ2) is 7.74. The highest BCUT2D eigenvalue weighted by atomic mass is 35.5. The second-order valence-corrected chi connectivity index (χ2v) is 6.73. The van der Waals surface area contributed by atoms with Gasteiger partial charge in [0.15, 0.2) is 0 Å². The Morgan fingerprint density at radius 3 is 2.57 bits per heavy atom. The molecular formula is C13H18ClNO5S. The number of primary sulfonamides is 1. The van der Waals surface area contributed by atoms with Gasteiger partial charge in [-0.3, -0.25) is 0 Å². The number of benzene rings is 1. The van der Waals surface area contributed by atoms with Crippen molar-refractivity contribution in [2.45, 2.75) is 18.7 Å². The summed E-state index contributed by atoms with van der Waals surface area (Å²) in [6, 6.07) is 3.75. The number of nitrogens with two attached hydrogens (primary N) is 1. The lowest BCUT2D eigenvalue weighted by atomic mass is 10.2. The van der Waals surface area contributed by atoms with Gasteiger partial charge in [-0.1, -0.05) is 25.4 Å². The Bertz CT molecular complexity index is 601. The maximum Gasteiger partial charge on any atom is 0.338 e. The van der Waals surface area contributed by atoms with E-state index in [0.717, 1.165) is 6.07 Å². The summed E-state index contributed by atoms with van der Waals surface area (Å²) in [5.41, 5.74) is 0.0623. The van der Waals surface area contributed by atoms with E-state index >= 15 is 0 Å². The first-order valence-electron chi connectivity index (χ1n) is 6.29. The van der Waals surface area contributed by atoms with Gasteiger partial charge in [0.2, 0.25) is 10.0 Å². The summed E-state index contributed by atoms with van der Waals surface area (Å²) in [5, 5.41) is 4.96. The van der Waals surface area contributed by atoms with Gasteiger partial charge in [0.25, 0.3) is 0 Å². The molecule has 0 aromatic heterocycles. The molecule has 1 rings (SSSR count). The number of esters is 1. The number of sulfonamides is 1. The van der Waals surface area contributed by atoms with E-state index in [1.165, 1.54) is 12.1 Å². The number of carbonyl (C=O) groups excluding carboxylic acids is 1. The van der Waals surface area contributed by atoms with E-state index in [1.807, 2.05) is 13.8 Å². The number of hydrogen-bond acceptors (Lipinski definition) is 5. The molecule has 0 bridgehead atoms. The van der Waals surface area contributed by atoms with Gasteiger partial charge in [0, 0.05) is 6.61 Å². The predicted octanol–water partition coefficient (Wildman–Crippen LogP) is 1.82. The van der Waals surface area contributed by atoms with Crippen molar-refractivity contribution in [3.05, 3.63) is 28.8 Å². The largest absolute Gasteiger partial charge is 0.460 e. The second-order valence-electron chi connectivity index (χ2n) is 4.79. The van der Waals surface area contributed by atoms with Crippen LogP contribution in [0, 0.1) is 5.92 Å². The number of halogens is 1. The van der Waals surface area contributed by atoms with Crippen LogP contribution in [0.2, 0.25) is 5.02 Å². The van der Waals surface area contributed by atoms with Crippen LogP contribution in [0.4, 0.5) is 0 Å². The Hall–Kier alpha value is -1.15. The molecule has 1 aromatic carbocycles. The lowest BCUT2D eigenvalue weighted by molar-refractivity contribution is 0.0277. The summed E-state index contributed by atoms with van der Waals surface area (Å²) in [6.45, 7) is 4.95. The van der Waals surface area contributed by atoms with E-state index in [-0.39, 0.29) is 28.7 Å². The first kappa shape index (κ1) is 17.9. The zero-order valence-electron chi connectivity index (χ0n) is 11.8. The number of rotatable bonds is 7. The molecule has 0 aliphatic heterocycles. The molecule has 0 saturated heterocycles. The van der Waals surface area contributed by atoms with E-state index in [0.29, 0.717) is 12.5 Å². The van der Waals surface area contributed by atoms with Crippen molar-refractivity contribution in [3.8, 4) is 0 Å². The molecule has 0 heterocycles. The minimum atomic E-state index is -3.99. The summed E-state index contributed by atoms with van der Waals surface area (Å²) < 4.78 is 32.9. The molecule has 0 unspecified atom stereocenters. The SMILES string of the molecule is CC(C)COCCOC(=O)c1ccc(Cl)c(S(N)(=O)=O)c1. The molecule has 8 heteroatoms. The van der Waals surface area contributed by atoms with E-state index in [4.69, 9.17) is 26.2 Å². The minimum absolute atomic E-state index is 0.0469. The van der Waals surface area contributed by atoms with Gasteiger partial charge in [-0.2, -0.15) is 0 Å². The van der Waals surface area contributed by atoms with Crippen molar-refractivity contribution in [1.29, 1.82) is 0 Å². The number of carbonyl (C=O) groups is 1. The van der Waals surface area contributed by atoms with Gasteiger partial charge >= 0.3 is 5.97 Å². The van der Waals surface area contributed by atoms with Crippen molar-refractivity contribution in [3.63, 3.8) is 0 Å². The topological polar surface area (TPSA) is 95.7 Å². The molecule has 1 aromatic rings. The van der Waals surface area contributed by atoms with Crippen LogP contribution in [0.5, 0.6) is 0 Å². The Labute approximate surface area is 129 Å². The van der Waals surface area contributed by atoms with Gasteiger partial charge in [0.05, 0.1) is 17.2 Å². The Morgan fingerprint density at radius 1 is 1.33 bits per heavy atom. The molecule has 0 saturated carbocycles. The van der Waals surface area contributed by atoms with E-state index in [1.54, 1.807) is 0 Å². The fraction of sp³-hybridized carbons (Fsp3) is 0.462. The zero-order chi connectivity index (χ0) is 16.0. The standard InChI is InChI=1S/C13H18ClNO5S/c1-9(2)8-19-5-6-20-13(16)10-3-4-11(14)12(7-10)21(15,17)18/h3-4,7,9H,5-6,8H2,1-2H3,(H2,15,17,18). The number of ether oxygens (including phenoxy) is 2. The van der Waals surface area contributed by atoms with Gasteiger partial charge in [-0.15, -0.1) is 0 Å². The molecule has 118 valence electrons. The monoisotopic (exact) mass is 335 g/mol. The summed E-state index contributed by atoms with van der Waals surface area (Å²) in [6.07, 6.45) is 0. The van der Waals surface area contributed by atoms with E-state index in [9.17, 15) is 13.2 Å². The van der Waals surface area contributed by atoms with Gasteiger partial charge in [-0.25, -0.2) is 18.4 Å². The fourth-order valence-electron chi connectivity index (χ4n) is 1.44. The van der Waals surface area contributed by atoms with Crippen LogP contribution in [0.1, 0.15) is 24.2 Å². The fourth-order valence-corrected chi connectivity index (χ4v) is 2.52. The third-order valence-electron chi connectivity index (χ3n) is 2.39. The van der Waals surface area contributed by atoms with Gasteiger partial charge < -0.3 is 9.47 Å². The molecule has 2 N–H and O–H groups in total. The Morgan fingerprint density at radius 2 is 2.00 bits per heavy atom. The van der Waals surface area contributed by atoms with Gasteiger partial charge in [0.1, 0.15) is 11.5 Å². The maximum absolute atomic E-state index is 11.8. The highest BCUT2D eigenvalue weighted by Gasteiger charge is 2.17. The van der Waals surface area contributed by atoms with Crippen molar-refractivity contribution in [1.82, 2.24) is 0 Å². The Balaban J connectivity index is 2.63. The lowest BCUT2D eigenvalue weighted by Gasteiger charge is -2.09. The van der Waals surface area contributed by atoms with Crippen LogP contribution < -0.4 is 5.14 Å². The first-order valence-corrected chi connectivity index (χ1v) is 8.21.